The number of carbonyl (C=O) groups excluding carboxylic acids is 1. The molecule has 3 heterocycles. The number of anilines is 2. The fourth-order valence-corrected chi connectivity index (χ4v) is 2.74. The molecule has 0 aliphatic heterocycles. The first-order chi connectivity index (χ1) is 10.6. The zero-order chi connectivity index (χ0) is 15.5. The molecular formula is C15H15N5OS. The fourth-order valence-electron chi connectivity index (χ4n) is 2.06. The summed E-state index contributed by atoms with van der Waals surface area (Å²) in [6.45, 7) is 2.04. The van der Waals surface area contributed by atoms with E-state index in [1.807, 2.05) is 18.4 Å². The highest BCUT2D eigenvalue weighted by Gasteiger charge is 2.11. The van der Waals surface area contributed by atoms with E-state index in [1.54, 1.807) is 47.6 Å². The lowest BCUT2D eigenvalue weighted by molar-refractivity contribution is 0.262. The van der Waals surface area contributed by atoms with Crippen LogP contribution < -0.4 is 10.6 Å². The van der Waals surface area contributed by atoms with Crippen LogP contribution in [0, 0.1) is 6.92 Å². The molecule has 0 unspecified atom stereocenters. The molecular weight excluding hydrogens is 298 g/mol. The number of nitrogens with one attached hydrogen (secondary N) is 2. The molecule has 3 aromatic rings. The van der Waals surface area contributed by atoms with Gasteiger partial charge in [-0.1, -0.05) is 0 Å². The molecule has 6 nitrogen and oxygen atoms in total. The van der Waals surface area contributed by atoms with Crippen molar-refractivity contribution in [3.8, 4) is 11.3 Å². The molecule has 3 aromatic heterocycles. The van der Waals surface area contributed by atoms with Crippen LogP contribution in [-0.4, -0.2) is 20.8 Å². The average molecular weight is 313 g/mol. The number of urea groups is 1. The number of aryl methyl sites for hydroxylation is 2. The van der Waals surface area contributed by atoms with Gasteiger partial charge < -0.3 is 5.32 Å². The van der Waals surface area contributed by atoms with Crippen molar-refractivity contribution in [1.29, 1.82) is 0 Å². The summed E-state index contributed by atoms with van der Waals surface area (Å²) < 4.78 is 1.62. The summed E-state index contributed by atoms with van der Waals surface area (Å²) in [5.41, 5.74) is 2.41. The van der Waals surface area contributed by atoms with Crippen molar-refractivity contribution in [2.45, 2.75) is 6.92 Å². The van der Waals surface area contributed by atoms with E-state index in [-0.39, 0.29) is 6.03 Å². The minimum absolute atomic E-state index is 0.347. The Morgan fingerprint density at radius 3 is 2.86 bits per heavy atom. The van der Waals surface area contributed by atoms with Crippen LogP contribution in [0.2, 0.25) is 0 Å². The first kappa shape index (κ1) is 14.3. The molecule has 0 spiro atoms. The number of pyridine rings is 1. The van der Waals surface area contributed by atoms with Crippen molar-refractivity contribution in [3.63, 3.8) is 0 Å². The summed E-state index contributed by atoms with van der Waals surface area (Å²) >= 11 is 1.65. The van der Waals surface area contributed by atoms with Gasteiger partial charge in [-0.25, -0.2) is 4.79 Å². The molecule has 0 atom stereocenters. The lowest BCUT2D eigenvalue weighted by Crippen LogP contribution is -2.20. The molecule has 0 aliphatic rings. The molecule has 0 aliphatic carbocycles. The lowest BCUT2D eigenvalue weighted by Gasteiger charge is -2.09. The van der Waals surface area contributed by atoms with Crippen molar-refractivity contribution in [1.82, 2.24) is 14.8 Å². The van der Waals surface area contributed by atoms with E-state index in [9.17, 15) is 4.79 Å². The maximum atomic E-state index is 12.1. The Balaban J connectivity index is 1.79. The van der Waals surface area contributed by atoms with Crippen molar-refractivity contribution in [3.05, 3.63) is 46.9 Å². The Kier molecular flexibility index (Phi) is 3.88. The van der Waals surface area contributed by atoms with E-state index in [1.165, 1.54) is 4.88 Å². The smallest absolute Gasteiger partial charge is 0.306 e. The molecule has 0 saturated carbocycles. The van der Waals surface area contributed by atoms with Crippen molar-refractivity contribution in [2.75, 3.05) is 10.6 Å². The molecule has 7 heteroatoms. The molecule has 2 N–H and O–H groups in total. The number of rotatable bonds is 3. The minimum Gasteiger partial charge on any atom is -0.306 e. The highest BCUT2D eigenvalue weighted by Crippen LogP contribution is 2.29. The lowest BCUT2D eigenvalue weighted by atomic mass is 10.2. The van der Waals surface area contributed by atoms with Crippen LogP contribution in [-0.2, 0) is 7.05 Å². The van der Waals surface area contributed by atoms with E-state index in [2.05, 4.69) is 26.8 Å². The second-order valence-corrected chi connectivity index (χ2v) is 5.91. The van der Waals surface area contributed by atoms with E-state index in [0.29, 0.717) is 11.5 Å². The second kappa shape index (κ2) is 5.98. The van der Waals surface area contributed by atoms with E-state index in [4.69, 9.17) is 0 Å². The van der Waals surface area contributed by atoms with Crippen LogP contribution >= 0.6 is 11.3 Å². The van der Waals surface area contributed by atoms with Gasteiger partial charge in [0.2, 0.25) is 0 Å². The number of amides is 2. The van der Waals surface area contributed by atoms with Crippen molar-refractivity contribution >= 4 is 28.9 Å². The van der Waals surface area contributed by atoms with Crippen molar-refractivity contribution in [2.24, 2.45) is 7.05 Å². The SMILES string of the molecule is Cc1cc(-c2ncccc2NC(=O)Nc2ccn(C)n2)cs1. The third kappa shape index (κ3) is 3.15. The molecule has 2 amide bonds. The van der Waals surface area contributed by atoms with Crippen LogP contribution in [0.5, 0.6) is 0 Å². The quantitative estimate of drug-likeness (QED) is 0.777. The van der Waals surface area contributed by atoms with E-state index in [0.717, 1.165) is 11.3 Å². The van der Waals surface area contributed by atoms with Gasteiger partial charge in [0.25, 0.3) is 0 Å². The summed E-state index contributed by atoms with van der Waals surface area (Å²) in [6.07, 6.45) is 3.48. The van der Waals surface area contributed by atoms with Crippen LogP contribution in [0.1, 0.15) is 4.88 Å². The first-order valence-corrected chi connectivity index (χ1v) is 7.58. The minimum atomic E-state index is -0.347. The van der Waals surface area contributed by atoms with E-state index >= 15 is 0 Å². The molecule has 0 radical (unpaired) electrons. The maximum absolute atomic E-state index is 12.1. The molecule has 3 rings (SSSR count). The summed E-state index contributed by atoms with van der Waals surface area (Å²) in [5.74, 6) is 0.497. The van der Waals surface area contributed by atoms with Gasteiger partial charge in [-0.15, -0.1) is 11.3 Å². The zero-order valence-electron chi connectivity index (χ0n) is 12.2. The van der Waals surface area contributed by atoms with Gasteiger partial charge in [-0.3, -0.25) is 15.0 Å². The Hall–Kier alpha value is -2.67. The number of carbonyl (C=O) groups is 1. The number of hydrogen-bond acceptors (Lipinski definition) is 4. The third-order valence-corrected chi connectivity index (χ3v) is 3.88. The largest absolute Gasteiger partial charge is 0.324 e. The summed E-state index contributed by atoms with van der Waals surface area (Å²) in [5, 5.41) is 11.6. The topological polar surface area (TPSA) is 71.8 Å². The molecule has 0 bridgehead atoms. The van der Waals surface area contributed by atoms with E-state index < -0.39 is 0 Å². The Morgan fingerprint density at radius 2 is 2.18 bits per heavy atom. The Labute approximate surface area is 131 Å². The van der Waals surface area contributed by atoms with Gasteiger partial charge in [-0.05, 0) is 25.1 Å². The Morgan fingerprint density at radius 1 is 1.32 bits per heavy atom. The van der Waals surface area contributed by atoms with Crippen LogP contribution in [0.3, 0.4) is 0 Å². The van der Waals surface area contributed by atoms with Crippen LogP contribution in [0.25, 0.3) is 11.3 Å². The monoisotopic (exact) mass is 313 g/mol. The van der Waals surface area contributed by atoms with Gasteiger partial charge in [0.15, 0.2) is 5.82 Å². The maximum Gasteiger partial charge on any atom is 0.324 e. The molecule has 0 aromatic carbocycles. The van der Waals surface area contributed by atoms with Crippen LogP contribution in [0.4, 0.5) is 16.3 Å². The highest BCUT2D eigenvalue weighted by atomic mass is 32.1. The standard InChI is InChI=1S/C15H15N5OS/c1-10-8-11(9-22-10)14-12(4-3-6-16-14)17-15(21)18-13-5-7-20(2)19-13/h3-9H,1-2H3,(H2,17,18,19,21). The number of hydrogen-bond donors (Lipinski definition) is 2. The molecule has 0 saturated heterocycles. The van der Waals surface area contributed by atoms with Crippen molar-refractivity contribution < 1.29 is 4.79 Å². The summed E-state index contributed by atoms with van der Waals surface area (Å²) in [7, 11) is 1.79. The third-order valence-electron chi connectivity index (χ3n) is 3.02. The first-order valence-electron chi connectivity index (χ1n) is 6.70. The summed E-state index contributed by atoms with van der Waals surface area (Å²) in [4.78, 5) is 17.7. The highest BCUT2D eigenvalue weighted by molar-refractivity contribution is 7.10. The van der Waals surface area contributed by atoms with Crippen LogP contribution in [0.15, 0.2) is 42.0 Å². The molecule has 112 valence electrons. The number of thiophene rings is 1. The molecule has 22 heavy (non-hydrogen) atoms. The van der Waals surface area contributed by atoms with Gasteiger partial charge in [0, 0.05) is 41.3 Å². The van der Waals surface area contributed by atoms with Gasteiger partial charge in [0.1, 0.15) is 0 Å². The summed E-state index contributed by atoms with van der Waals surface area (Å²) in [6, 6.07) is 7.05. The van der Waals surface area contributed by atoms with Gasteiger partial charge in [0.05, 0.1) is 11.4 Å². The molecule has 0 fully saturated rings. The second-order valence-electron chi connectivity index (χ2n) is 4.80. The predicted octanol–water partition coefficient (Wildman–Crippen LogP) is 3.50. The average Bonchev–Trinajstić information content (AvgIpc) is 3.08. The number of aromatic nitrogens is 3. The predicted molar refractivity (Wildman–Crippen MR) is 88.1 cm³/mol. The number of nitrogens with zero attached hydrogens (tertiary/aromatic N) is 3. The fraction of sp³-hybridized carbons (Fsp3) is 0.133. The zero-order valence-corrected chi connectivity index (χ0v) is 13.0. The Bertz CT molecular complexity index is 808. The van der Waals surface area contributed by atoms with Gasteiger partial charge >= 0.3 is 6.03 Å². The normalized spacial score (nSPS) is 10.5. The van der Waals surface area contributed by atoms with Gasteiger partial charge in [-0.2, -0.15) is 5.10 Å².